The minimum atomic E-state index is -0.726. The first-order valence-electron chi connectivity index (χ1n) is 10.1. The molecule has 166 valence electrons. The van der Waals surface area contributed by atoms with Gasteiger partial charge in [-0.25, -0.2) is 8.78 Å². The number of halogens is 2. The Labute approximate surface area is 180 Å². The van der Waals surface area contributed by atoms with E-state index in [4.69, 9.17) is 4.74 Å². The van der Waals surface area contributed by atoms with Crippen molar-refractivity contribution in [2.24, 2.45) is 0 Å². The van der Waals surface area contributed by atoms with Crippen LogP contribution >= 0.6 is 0 Å². The number of nitrogens with one attached hydrogen (secondary N) is 2. The van der Waals surface area contributed by atoms with Crippen LogP contribution in [0.4, 0.5) is 25.8 Å². The van der Waals surface area contributed by atoms with E-state index < -0.39 is 17.5 Å². The van der Waals surface area contributed by atoms with Gasteiger partial charge in [-0.05, 0) is 42.9 Å². The average Bonchev–Trinajstić information content (AvgIpc) is 2.77. The summed E-state index contributed by atoms with van der Waals surface area (Å²) in [6.07, 6.45) is 0. The third-order valence-corrected chi connectivity index (χ3v) is 4.91. The fourth-order valence-electron chi connectivity index (χ4n) is 3.25. The van der Waals surface area contributed by atoms with Gasteiger partial charge < -0.3 is 20.3 Å². The lowest BCUT2D eigenvalue weighted by Gasteiger charge is -2.29. The summed E-state index contributed by atoms with van der Waals surface area (Å²) in [5.41, 5.74) is 1.49. The molecule has 0 aromatic heterocycles. The Morgan fingerprint density at radius 1 is 1.00 bits per heavy atom. The summed E-state index contributed by atoms with van der Waals surface area (Å²) in [4.78, 5) is 28.4. The fourth-order valence-corrected chi connectivity index (χ4v) is 3.25. The number of nitrogens with zero attached hydrogens (tertiary/aromatic N) is 2. The highest BCUT2D eigenvalue weighted by molar-refractivity contribution is 5.94. The van der Waals surface area contributed by atoms with Crippen LogP contribution in [0.2, 0.25) is 0 Å². The van der Waals surface area contributed by atoms with E-state index >= 15 is 0 Å². The average molecular weight is 432 g/mol. The number of hydrogen-bond donors (Lipinski definition) is 2. The molecule has 1 fully saturated rings. The van der Waals surface area contributed by atoms with Gasteiger partial charge in [0.15, 0.2) is 0 Å². The SMILES string of the molecule is CCN(CC(=O)Nc1ccc(N2CCOCC2)cc1)CC(=O)Nc1cc(F)ccc1F. The highest BCUT2D eigenvalue weighted by atomic mass is 19.1. The molecule has 0 saturated carbocycles. The molecule has 1 aliphatic heterocycles. The number of rotatable bonds is 8. The third kappa shape index (κ3) is 6.73. The van der Waals surface area contributed by atoms with Crippen LogP contribution in [0.1, 0.15) is 6.92 Å². The van der Waals surface area contributed by atoms with Crippen molar-refractivity contribution < 1.29 is 23.1 Å². The van der Waals surface area contributed by atoms with Gasteiger partial charge in [-0.2, -0.15) is 0 Å². The number of benzene rings is 2. The molecule has 0 unspecified atom stereocenters. The van der Waals surface area contributed by atoms with Crippen LogP contribution in [0.5, 0.6) is 0 Å². The molecule has 2 N–H and O–H groups in total. The third-order valence-electron chi connectivity index (χ3n) is 4.91. The van der Waals surface area contributed by atoms with Crippen molar-refractivity contribution in [1.29, 1.82) is 0 Å². The highest BCUT2D eigenvalue weighted by Gasteiger charge is 2.16. The van der Waals surface area contributed by atoms with Crippen molar-refractivity contribution in [2.75, 3.05) is 61.5 Å². The van der Waals surface area contributed by atoms with Gasteiger partial charge in [0.2, 0.25) is 11.8 Å². The molecular weight excluding hydrogens is 406 g/mol. The van der Waals surface area contributed by atoms with Crippen molar-refractivity contribution in [3.05, 3.63) is 54.1 Å². The Hall–Kier alpha value is -3.04. The van der Waals surface area contributed by atoms with E-state index in [0.717, 1.165) is 37.0 Å². The summed E-state index contributed by atoms with van der Waals surface area (Å²) in [5.74, 6) is -2.18. The number of likely N-dealkylation sites (N-methyl/N-ethyl adjacent to an activating group) is 1. The number of carbonyl (C=O) groups is 2. The zero-order valence-electron chi connectivity index (χ0n) is 17.4. The highest BCUT2D eigenvalue weighted by Crippen LogP contribution is 2.19. The van der Waals surface area contributed by atoms with Crippen molar-refractivity contribution in [3.63, 3.8) is 0 Å². The summed E-state index contributed by atoms with van der Waals surface area (Å²) in [5, 5.41) is 5.15. The zero-order valence-corrected chi connectivity index (χ0v) is 17.4. The van der Waals surface area contributed by atoms with E-state index in [9.17, 15) is 18.4 Å². The van der Waals surface area contributed by atoms with Gasteiger partial charge in [0.05, 0.1) is 32.0 Å². The minimum Gasteiger partial charge on any atom is -0.378 e. The first-order valence-corrected chi connectivity index (χ1v) is 10.1. The lowest BCUT2D eigenvalue weighted by atomic mass is 10.2. The van der Waals surface area contributed by atoms with E-state index in [0.29, 0.717) is 25.4 Å². The molecule has 1 heterocycles. The smallest absolute Gasteiger partial charge is 0.238 e. The number of hydrogen-bond acceptors (Lipinski definition) is 5. The minimum absolute atomic E-state index is 0.0131. The summed E-state index contributed by atoms with van der Waals surface area (Å²) in [6, 6.07) is 10.4. The van der Waals surface area contributed by atoms with Crippen LogP contribution in [0.15, 0.2) is 42.5 Å². The molecule has 0 radical (unpaired) electrons. The van der Waals surface area contributed by atoms with E-state index in [-0.39, 0.29) is 24.7 Å². The maximum Gasteiger partial charge on any atom is 0.238 e. The van der Waals surface area contributed by atoms with Crippen LogP contribution in [-0.4, -0.2) is 62.7 Å². The quantitative estimate of drug-likeness (QED) is 0.671. The summed E-state index contributed by atoms with van der Waals surface area (Å²) < 4.78 is 32.3. The standard InChI is InChI=1S/C22H26F2N4O3/c1-2-27(15-22(30)26-20-13-16(23)3-8-19(20)24)14-21(29)25-17-4-6-18(7-5-17)28-9-11-31-12-10-28/h3-8,13H,2,9-12,14-15H2,1H3,(H,25,29)(H,26,30). The normalized spacial score (nSPS) is 13.9. The summed E-state index contributed by atoms with van der Waals surface area (Å²) >= 11 is 0. The molecule has 7 nitrogen and oxygen atoms in total. The largest absolute Gasteiger partial charge is 0.378 e. The second-order valence-electron chi connectivity index (χ2n) is 7.17. The second kappa shape index (κ2) is 10.8. The Balaban J connectivity index is 1.49. The van der Waals surface area contributed by atoms with Crippen molar-refractivity contribution in [3.8, 4) is 0 Å². The monoisotopic (exact) mass is 432 g/mol. The fraction of sp³-hybridized carbons (Fsp3) is 0.364. The van der Waals surface area contributed by atoms with Crippen LogP contribution < -0.4 is 15.5 Å². The molecule has 1 aliphatic rings. The van der Waals surface area contributed by atoms with Crippen molar-refractivity contribution in [1.82, 2.24) is 4.90 Å². The molecule has 0 aliphatic carbocycles. The van der Waals surface area contributed by atoms with E-state index in [1.54, 1.807) is 11.8 Å². The van der Waals surface area contributed by atoms with E-state index in [2.05, 4.69) is 15.5 Å². The predicted octanol–water partition coefficient (Wildman–Crippen LogP) is 2.70. The van der Waals surface area contributed by atoms with Crippen LogP contribution in [0.3, 0.4) is 0 Å². The maximum absolute atomic E-state index is 13.7. The van der Waals surface area contributed by atoms with E-state index in [1.165, 1.54) is 0 Å². The second-order valence-corrected chi connectivity index (χ2v) is 7.17. The first-order chi connectivity index (χ1) is 14.9. The molecular formula is C22H26F2N4O3. The number of amides is 2. The van der Waals surface area contributed by atoms with Crippen molar-refractivity contribution >= 4 is 28.9 Å². The Morgan fingerprint density at radius 3 is 2.29 bits per heavy atom. The topological polar surface area (TPSA) is 73.9 Å². The maximum atomic E-state index is 13.7. The molecule has 3 rings (SSSR count). The van der Waals surface area contributed by atoms with Gasteiger partial charge in [0.25, 0.3) is 0 Å². The Bertz CT molecular complexity index is 902. The molecule has 0 atom stereocenters. The molecule has 2 amide bonds. The van der Waals surface area contributed by atoms with Gasteiger partial charge in [0, 0.05) is 30.5 Å². The van der Waals surface area contributed by atoms with Gasteiger partial charge in [0.1, 0.15) is 11.6 Å². The number of ether oxygens (including phenoxy) is 1. The number of carbonyl (C=O) groups excluding carboxylic acids is 2. The number of anilines is 3. The molecule has 0 spiro atoms. The van der Waals surface area contributed by atoms with Gasteiger partial charge in [-0.15, -0.1) is 0 Å². The van der Waals surface area contributed by atoms with Gasteiger partial charge >= 0.3 is 0 Å². The van der Waals surface area contributed by atoms with Crippen LogP contribution in [0, 0.1) is 11.6 Å². The van der Waals surface area contributed by atoms with E-state index in [1.807, 2.05) is 24.3 Å². The Kier molecular flexibility index (Phi) is 7.91. The van der Waals surface area contributed by atoms with Crippen LogP contribution in [-0.2, 0) is 14.3 Å². The lowest BCUT2D eigenvalue weighted by molar-refractivity contribution is -0.119. The molecule has 1 saturated heterocycles. The summed E-state index contributed by atoms with van der Waals surface area (Å²) in [7, 11) is 0. The zero-order chi connectivity index (χ0) is 22.2. The van der Waals surface area contributed by atoms with Gasteiger partial charge in [-0.3, -0.25) is 14.5 Å². The molecule has 31 heavy (non-hydrogen) atoms. The Morgan fingerprint density at radius 2 is 1.65 bits per heavy atom. The summed E-state index contributed by atoms with van der Waals surface area (Å²) in [6.45, 7) is 5.16. The first kappa shape index (κ1) is 22.6. The predicted molar refractivity (Wildman–Crippen MR) is 115 cm³/mol. The number of morpholine rings is 1. The molecule has 2 aromatic carbocycles. The molecule has 0 bridgehead atoms. The molecule has 2 aromatic rings. The lowest BCUT2D eigenvalue weighted by Crippen LogP contribution is -2.38. The van der Waals surface area contributed by atoms with Gasteiger partial charge in [-0.1, -0.05) is 6.92 Å². The van der Waals surface area contributed by atoms with Crippen molar-refractivity contribution in [2.45, 2.75) is 6.92 Å². The van der Waals surface area contributed by atoms with Crippen LogP contribution in [0.25, 0.3) is 0 Å². The molecule has 9 heteroatoms.